The van der Waals surface area contributed by atoms with Crippen molar-refractivity contribution in [3.05, 3.63) is 0 Å². The monoisotopic (exact) mass is 186 g/mol. The molecule has 0 radical (unpaired) electrons. The van der Waals surface area contributed by atoms with Crippen molar-refractivity contribution < 1.29 is 14.3 Å². The summed E-state index contributed by atoms with van der Waals surface area (Å²) in [7, 11) is 3.09. The number of methoxy groups -OCH3 is 2. The fourth-order valence-corrected chi connectivity index (χ4v) is 2.02. The molecular weight excluding hydrogens is 168 g/mol. The van der Waals surface area contributed by atoms with Crippen molar-refractivity contribution in [2.24, 2.45) is 5.92 Å². The number of carbonyl (C=O) groups is 1. The maximum absolute atomic E-state index is 11.0. The predicted octanol–water partition coefficient (Wildman–Crippen LogP) is 1.75. The summed E-state index contributed by atoms with van der Waals surface area (Å²) in [6, 6.07) is 0. The van der Waals surface area contributed by atoms with E-state index in [9.17, 15) is 4.79 Å². The van der Waals surface area contributed by atoms with Crippen molar-refractivity contribution in [3.8, 4) is 0 Å². The molecule has 0 aromatic carbocycles. The summed E-state index contributed by atoms with van der Waals surface area (Å²) in [5.41, 5.74) is 0. The van der Waals surface area contributed by atoms with Gasteiger partial charge in [-0.05, 0) is 18.8 Å². The summed E-state index contributed by atoms with van der Waals surface area (Å²) < 4.78 is 9.93. The molecule has 0 aromatic rings. The number of ether oxygens (including phenoxy) is 2. The Kier molecular flexibility index (Phi) is 4.22. The van der Waals surface area contributed by atoms with Crippen molar-refractivity contribution >= 4 is 5.97 Å². The Balaban J connectivity index is 2.37. The number of hydrogen-bond acceptors (Lipinski definition) is 3. The van der Waals surface area contributed by atoms with Gasteiger partial charge in [0.1, 0.15) is 0 Å². The summed E-state index contributed by atoms with van der Waals surface area (Å²) in [6.45, 7) is 0. The van der Waals surface area contributed by atoms with Gasteiger partial charge in [-0.15, -0.1) is 0 Å². The van der Waals surface area contributed by atoms with Crippen LogP contribution in [0.2, 0.25) is 0 Å². The van der Waals surface area contributed by atoms with Crippen LogP contribution in [0.15, 0.2) is 0 Å². The average Bonchev–Trinajstić information content (AvgIpc) is 2.66. The van der Waals surface area contributed by atoms with Gasteiger partial charge in [0.15, 0.2) is 0 Å². The van der Waals surface area contributed by atoms with E-state index in [-0.39, 0.29) is 12.1 Å². The number of rotatable bonds is 4. The van der Waals surface area contributed by atoms with Crippen molar-refractivity contribution in [2.45, 2.75) is 38.2 Å². The summed E-state index contributed by atoms with van der Waals surface area (Å²) in [4.78, 5) is 11.0. The standard InChI is InChI=1S/C10H18O3/c1-12-9(7-10(11)13-2)8-5-3-4-6-8/h8-9H,3-7H2,1-2H3. The van der Waals surface area contributed by atoms with E-state index in [4.69, 9.17) is 4.74 Å². The van der Waals surface area contributed by atoms with Crippen molar-refractivity contribution in [3.63, 3.8) is 0 Å². The molecule has 1 atom stereocenters. The van der Waals surface area contributed by atoms with E-state index < -0.39 is 0 Å². The molecule has 0 N–H and O–H groups in total. The molecule has 0 aliphatic heterocycles. The largest absolute Gasteiger partial charge is 0.469 e. The highest BCUT2D eigenvalue weighted by Gasteiger charge is 2.26. The van der Waals surface area contributed by atoms with Gasteiger partial charge in [-0.2, -0.15) is 0 Å². The SMILES string of the molecule is COC(=O)CC(OC)C1CCCC1. The van der Waals surface area contributed by atoms with Crippen molar-refractivity contribution in [1.29, 1.82) is 0 Å². The lowest BCUT2D eigenvalue weighted by molar-refractivity contribution is -0.144. The lowest BCUT2D eigenvalue weighted by Gasteiger charge is -2.20. The van der Waals surface area contributed by atoms with Crippen molar-refractivity contribution in [2.75, 3.05) is 14.2 Å². The molecule has 3 nitrogen and oxygen atoms in total. The Bertz CT molecular complexity index is 162. The zero-order chi connectivity index (χ0) is 9.68. The summed E-state index contributed by atoms with van der Waals surface area (Å²) in [5.74, 6) is 0.392. The first-order valence-electron chi connectivity index (χ1n) is 4.87. The first-order valence-corrected chi connectivity index (χ1v) is 4.87. The molecule has 0 spiro atoms. The fraction of sp³-hybridized carbons (Fsp3) is 0.900. The van der Waals surface area contributed by atoms with E-state index in [2.05, 4.69) is 4.74 Å². The molecule has 0 amide bonds. The van der Waals surface area contributed by atoms with Gasteiger partial charge < -0.3 is 9.47 Å². The highest BCUT2D eigenvalue weighted by atomic mass is 16.5. The molecule has 3 heteroatoms. The van der Waals surface area contributed by atoms with Crippen LogP contribution in [0.4, 0.5) is 0 Å². The third kappa shape index (κ3) is 2.99. The highest BCUT2D eigenvalue weighted by molar-refractivity contribution is 5.69. The highest BCUT2D eigenvalue weighted by Crippen LogP contribution is 2.30. The minimum atomic E-state index is -0.168. The van der Waals surface area contributed by atoms with Gasteiger partial charge in [-0.1, -0.05) is 12.8 Å². The van der Waals surface area contributed by atoms with Gasteiger partial charge in [0.2, 0.25) is 0 Å². The van der Waals surface area contributed by atoms with E-state index in [0.717, 1.165) is 0 Å². The number of hydrogen-bond donors (Lipinski definition) is 0. The second kappa shape index (κ2) is 5.22. The molecule has 0 saturated heterocycles. The molecule has 0 bridgehead atoms. The Labute approximate surface area is 79.4 Å². The van der Waals surface area contributed by atoms with E-state index in [1.807, 2.05) is 0 Å². The maximum Gasteiger partial charge on any atom is 0.308 e. The molecular formula is C10H18O3. The Morgan fingerprint density at radius 2 is 2.00 bits per heavy atom. The zero-order valence-corrected chi connectivity index (χ0v) is 8.41. The minimum absolute atomic E-state index is 0.0648. The molecule has 0 aromatic heterocycles. The zero-order valence-electron chi connectivity index (χ0n) is 8.41. The summed E-state index contributed by atoms with van der Waals surface area (Å²) in [6.07, 6.45) is 5.38. The second-order valence-corrected chi connectivity index (χ2v) is 3.60. The second-order valence-electron chi connectivity index (χ2n) is 3.60. The molecule has 0 heterocycles. The smallest absolute Gasteiger partial charge is 0.308 e. The average molecular weight is 186 g/mol. The number of carbonyl (C=O) groups excluding carboxylic acids is 1. The van der Waals surface area contributed by atoms with Crippen LogP contribution in [0.3, 0.4) is 0 Å². The van der Waals surface area contributed by atoms with Crippen molar-refractivity contribution in [1.82, 2.24) is 0 Å². The van der Waals surface area contributed by atoms with Gasteiger partial charge >= 0.3 is 5.97 Å². The van der Waals surface area contributed by atoms with Crippen LogP contribution >= 0.6 is 0 Å². The molecule has 1 rings (SSSR count). The normalized spacial score (nSPS) is 20.2. The third-order valence-corrected chi connectivity index (χ3v) is 2.82. The van der Waals surface area contributed by atoms with Crippen LogP contribution in [0.5, 0.6) is 0 Å². The van der Waals surface area contributed by atoms with Gasteiger partial charge in [-0.25, -0.2) is 0 Å². The predicted molar refractivity (Wildman–Crippen MR) is 49.4 cm³/mol. The Hall–Kier alpha value is -0.570. The first kappa shape index (κ1) is 10.5. The maximum atomic E-state index is 11.0. The Morgan fingerprint density at radius 3 is 2.46 bits per heavy atom. The lowest BCUT2D eigenvalue weighted by atomic mass is 9.98. The van der Waals surface area contributed by atoms with Crippen LogP contribution in [0.1, 0.15) is 32.1 Å². The van der Waals surface area contributed by atoms with E-state index in [1.165, 1.54) is 32.8 Å². The molecule has 13 heavy (non-hydrogen) atoms. The Morgan fingerprint density at radius 1 is 1.38 bits per heavy atom. The summed E-state index contributed by atoms with van der Waals surface area (Å²) in [5, 5.41) is 0. The molecule has 1 fully saturated rings. The van der Waals surface area contributed by atoms with Gasteiger partial charge in [0, 0.05) is 7.11 Å². The van der Waals surface area contributed by atoms with Gasteiger partial charge in [0.05, 0.1) is 19.6 Å². The molecule has 1 unspecified atom stereocenters. The van der Waals surface area contributed by atoms with E-state index >= 15 is 0 Å². The van der Waals surface area contributed by atoms with E-state index in [0.29, 0.717) is 12.3 Å². The van der Waals surface area contributed by atoms with Crippen LogP contribution in [-0.2, 0) is 14.3 Å². The third-order valence-electron chi connectivity index (χ3n) is 2.82. The molecule has 76 valence electrons. The molecule has 1 aliphatic carbocycles. The quantitative estimate of drug-likeness (QED) is 0.627. The van der Waals surface area contributed by atoms with E-state index in [1.54, 1.807) is 7.11 Å². The topological polar surface area (TPSA) is 35.5 Å². The molecule has 1 saturated carbocycles. The molecule has 1 aliphatic rings. The van der Waals surface area contributed by atoms with Gasteiger partial charge in [-0.3, -0.25) is 4.79 Å². The summed E-state index contributed by atoms with van der Waals surface area (Å²) >= 11 is 0. The van der Waals surface area contributed by atoms with Crippen LogP contribution in [0, 0.1) is 5.92 Å². The first-order chi connectivity index (χ1) is 6.27. The van der Waals surface area contributed by atoms with Crippen LogP contribution < -0.4 is 0 Å². The van der Waals surface area contributed by atoms with Crippen LogP contribution in [-0.4, -0.2) is 26.3 Å². The minimum Gasteiger partial charge on any atom is -0.469 e. The van der Waals surface area contributed by atoms with Crippen LogP contribution in [0.25, 0.3) is 0 Å². The lowest BCUT2D eigenvalue weighted by Crippen LogP contribution is -2.24. The van der Waals surface area contributed by atoms with Gasteiger partial charge in [0.25, 0.3) is 0 Å². The number of esters is 1. The fourth-order valence-electron chi connectivity index (χ4n) is 2.02.